The van der Waals surface area contributed by atoms with E-state index in [9.17, 15) is 9.59 Å². The van der Waals surface area contributed by atoms with Gasteiger partial charge in [-0.05, 0) is 48.8 Å². The lowest BCUT2D eigenvalue weighted by molar-refractivity contribution is 0.0522. The fourth-order valence-electron chi connectivity index (χ4n) is 2.19. The Labute approximate surface area is 166 Å². The van der Waals surface area contributed by atoms with E-state index in [1.165, 1.54) is 23.7 Å². The van der Waals surface area contributed by atoms with Crippen LogP contribution in [0.5, 0.6) is 0 Å². The van der Waals surface area contributed by atoms with Crippen LogP contribution >= 0.6 is 38.9 Å². The highest BCUT2D eigenvalue weighted by Crippen LogP contribution is 2.32. The van der Waals surface area contributed by atoms with E-state index < -0.39 is 11.7 Å². The number of ether oxygens (including phenoxy) is 1. The second kappa shape index (κ2) is 6.98. The van der Waals surface area contributed by atoms with Gasteiger partial charge in [0.2, 0.25) is 0 Å². The van der Waals surface area contributed by atoms with E-state index in [-0.39, 0.29) is 5.91 Å². The molecule has 0 saturated heterocycles. The maximum atomic E-state index is 12.4. The van der Waals surface area contributed by atoms with Crippen LogP contribution in [-0.4, -0.2) is 32.4 Å². The molecule has 1 N–H and O–H groups in total. The van der Waals surface area contributed by atoms with Crippen molar-refractivity contribution < 1.29 is 14.3 Å². The number of carbonyl (C=O) groups is 2. The Bertz CT molecular complexity index is 1010. The van der Waals surface area contributed by atoms with Crippen LogP contribution in [0.2, 0.25) is 5.02 Å². The number of nitrogens with one attached hydrogen (secondary N) is 1. The van der Waals surface area contributed by atoms with Gasteiger partial charge in [0.25, 0.3) is 5.91 Å². The summed E-state index contributed by atoms with van der Waals surface area (Å²) >= 11 is 10.7. The first kappa shape index (κ1) is 18.8. The number of thiazole rings is 1. The molecule has 10 heteroatoms. The fraction of sp³-hybridized carbons (Fsp3) is 0.250. The second-order valence-electron chi connectivity index (χ2n) is 6.32. The molecule has 0 unspecified atom stereocenters. The summed E-state index contributed by atoms with van der Waals surface area (Å²) in [7, 11) is 0. The number of aromatic nitrogens is 3. The number of hydrogen-bond donors (Lipinski definition) is 1. The largest absolute Gasteiger partial charge is 0.442 e. The second-order valence-corrected chi connectivity index (χ2v) is 9.04. The quantitative estimate of drug-likeness (QED) is 0.589. The number of rotatable bonds is 2. The van der Waals surface area contributed by atoms with Gasteiger partial charge in [0, 0.05) is 5.39 Å². The number of nitrogens with zero attached hydrogens (tertiary/aromatic N) is 3. The molecule has 0 fully saturated rings. The lowest BCUT2D eigenvalue weighted by Crippen LogP contribution is -2.27. The summed E-state index contributed by atoms with van der Waals surface area (Å²) in [6.45, 7) is 5.31. The molecule has 3 rings (SSSR count). The Morgan fingerprint density at radius 1 is 1.31 bits per heavy atom. The highest BCUT2D eigenvalue weighted by molar-refractivity contribution is 9.11. The van der Waals surface area contributed by atoms with Gasteiger partial charge in [-0.3, -0.25) is 4.79 Å². The number of fused-ring (bicyclic) bond motifs is 1. The standard InChI is InChI=1S/C16H14BrClN4O3S/c1-16(2,3)25-15(24)22-10-5-4-9(18)12(8(10)6-20-22)21-13(23)11-7-19-14(17)26-11/h4-7H,1-3H3,(H,21,23). The van der Waals surface area contributed by atoms with E-state index in [1.807, 2.05) is 0 Å². The van der Waals surface area contributed by atoms with Gasteiger partial charge in [-0.1, -0.05) is 11.6 Å². The molecule has 3 aromatic rings. The molecular formula is C16H14BrClN4O3S. The number of benzene rings is 1. The number of amides is 1. The van der Waals surface area contributed by atoms with Crippen molar-refractivity contribution in [3.05, 3.63) is 38.3 Å². The maximum absolute atomic E-state index is 12.4. The average Bonchev–Trinajstić information content (AvgIpc) is 3.14. The summed E-state index contributed by atoms with van der Waals surface area (Å²) in [4.78, 5) is 29.1. The molecule has 26 heavy (non-hydrogen) atoms. The molecule has 0 spiro atoms. The Hall–Kier alpha value is -1.97. The first-order chi connectivity index (χ1) is 12.2. The van der Waals surface area contributed by atoms with Gasteiger partial charge < -0.3 is 10.1 Å². The molecule has 2 aromatic heterocycles. The predicted octanol–water partition coefficient (Wildman–Crippen LogP) is 4.94. The topological polar surface area (TPSA) is 86.1 Å². The van der Waals surface area contributed by atoms with E-state index >= 15 is 0 Å². The minimum Gasteiger partial charge on any atom is -0.442 e. The van der Waals surface area contributed by atoms with Crippen LogP contribution in [0.3, 0.4) is 0 Å². The van der Waals surface area contributed by atoms with Crippen molar-refractivity contribution in [2.24, 2.45) is 0 Å². The molecule has 0 aliphatic rings. The molecule has 7 nitrogen and oxygen atoms in total. The molecule has 136 valence electrons. The van der Waals surface area contributed by atoms with Crippen molar-refractivity contribution in [3.63, 3.8) is 0 Å². The van der Waals surface area contributed by atoms with E-state index in [4.69, 9.17) is 16.3 Å². The Kier molecular flexibility index (Phi) is 5.05. The monoisotopic (exact) mass is 456 g/mol. The molecule has 0 saturated carbocycles. The number of hydrogen-bond acceptors (Lipinski definition) is 6. The third-order valence-electron chi connectivity index (χ3n) is 3.21. The highest BCUT2D eigenvalue weighted by Gasteiger charge is 2.22. The van der Waals surface area contributed by atoms with Crippen LogP contribution in [0.4, 0.5) is 10.5 Å². The zero-order valence-electron chi connectivity index (χ0n) is 14.0. The number of carbonyl (C=O) groups excluding carboxylic acids is 2. The van der Waals surface area contributed by atoms with Crippen LogP contribution in [0.15, 0.2) is 28.4 Å². The summed E-state index contributed by atoms with van der Waals surface area (Å²) in [6.07, 6.45) is 2.31. The molecule has 1 amide bonds. The molecule has 0 radical (unpaired) electrons. The van der Waals surface area contributed by atoms with Crippen molar-refractivity contribution in [1.82, 2.24) is 14.8 Å². The van der Waals surface area contributed by atoms with Gasteiger partial charge in [-0.25, -0.2) is 9.78 Å². The summed E-state index contributed by atoms with van der Waals surface area (Å²) in [5.41, 5.74) is 0.191. The van der Waals surface area contributed by atoms with Gasteiger partial charge in [0.05, 0.1) is 28.6 Å². The summed E-state index contributed by atoms with van der Waals surface area (Å²) < 4.78 is 7.08. The third kappa shape index (κ3) is 3.89. The first-order valence-electron chi connectivity index (χ1n) is 7.48. The molecule has 2 heterocycles. The molecule has 0 atom stereocenters. The normalized spacial score (nSPS) is 11.6. The molecule has 1 aromatic carbocycles. The van der Waals surface area contributed by atoms with Gasteiger partial charge in [-0.15, -0.1) is 11.3 Å². The number of anilines is 1. The lowest BCUT2D eigenvalue weighted by atomic mass is 10.2. The smallest absolute Gasteiger partial charge is 0.435 e. The van der Waals surface area contributed by atoms with Crippen LogP contribution in [0, 0.1) is 0 Å². The molecular weight excluding hydrogens is 444 g/mol. The molecule has 0 aliphatic heterocycles. The fourth-order valence-corrected chi connectivity index (χ4v) is 3.56. The lowest BCUT2D eigenvalue weighted by Gasteiger charge is -2.19. The predicted molar refractivity (Wildman–Crippen MR) is 104 cm³/mol. The molecule has 0 bridgehead atoms. The zero-order valence-corrected chi connectivity index (χ0v) is 17.2. The maximum Gasteiger partial charge on any atom is 0.435 e. The molecule has 0 aliphatic carbocycles. The van der Waals surface area contributed by atoms with Crippen LogP contribution in [0.25, 0.3) is 10.9 Å². The highest BCUT2D eigenvalue weighted by atomic mass is 79.9. The van der Waals surface area contributed by atoms with E-state index in [0.717, 1.165) is 4.68 Å². The summed E-state index contributed by atoms with van der Waals surface area (Å²) in [5, 5.41) is 7.70. The van der Waals surface area contributed by atoms with Crippen LogP contribution in [-0.2, 0) is 4.74 Å². The Balaban J connectivity index is 1.97. The van der Waals surface area contributed by atoms with Crippen molar-refractivity contribution >= 4 is 67.5 Å². The van der Waals surface area contributed by atoms with Crippen LogP contribution in [0.1, 0.15) is 30.4 Å². The first-order valence-corrected chi connectivity index (χ1v) is 9.47. The van der Waals surface area contributed by atoms with Gasteiger partial charge in [0.1, 0.15) is 10.5 Å². The van der Waals surface area contributed by atoms with Crippen molar-refractivity contribution in [1.29, 1.82) is 0 Å². The SMILES string of the molecule is CC(C)(C)OC(=O)n1ncc2c(NC(=O)c3cnc(Br)s3)c(Cl)ccc21. The Morgan fingerprint density at radius 2 is 2.04 bits per heavy atom. The average molecular weight is 458 g/mol. The van der Waals surface area contributed by atoms with Gasteiger partial charge in [-0.2, -0.15) is 9.78 Å². The van der Waals surface area contributed by atoms with Crippen molar-refractivity contribution in [2.75, 3.05) is 5.32 Å². The van der Waals surface area contributed by atoms with Crippen molar-refractivity contribution in [3.8, 4) is 0 Å². The summed E-state index contributed by atoms with van der Waals surface area (Å²) in [5.74, 6) is -0.354. The van der Waals surface area contributed by atoms with E-state index in [2.05, 4.69) is 31.3 Å². The van der Waals surface area contributed by atoms with Gasteiger partial charge >= 0.3 is 6.09 Å². The minimum atomic E-state index is -0.654. The van der Waals surface area contributed by atoms with E-state index in [1.54, 1.807) is 32.9 Å². The summed E-state index contributed by atoms with van der Waals surface area (Å²) in [6, 6.07) is 3.23. The van der Waals surface area contributed by atoms with Gasteiger partial charge in [0.15, 0.2) is 3.92 Å². The van der Waals surface area contributed by atoms with E-state index in [0.29, 0.717) is 30.4 Å². The van der Waals surface area contributed by atoms with Crippen LogP contribution < -0.4 is 5.32 Å². The minimum absolute atomic E-state index is 0.332. The third-order valence-corrected chi connectivity index (χ3v) is 5.00. The van der Waals surface area contributed by atoms with Crippen molar-refractivity contribution in [2.45, 2.75) is 26.4 Å². The number of halogens is 2. The Morgan fingerprint density at radius 3 is 2.65 bits per heavy atom. The zero-order chi connectivity index (χ0) is 19.1.